The first kappa shape index (κ1) is 22.1. The molecule has 3 aromatic rings. The van der Waals surface area contributed by atoms with Crippen molar-refractivity contribution in [3.8, 4) is 11.5 Å². The minimum Gasteiger partial charge on any atom is -0.456 e. The van der Waals surface area contributed by atoms with Crippen molar-refractivity contribution in [2.45, 2.75) is 25.8 Å². The molecule has 2 amide bonds. The Balaban J connectivity index is 1.39. The van der Waals surface area contributed by atoms with E-state index in [-0.39, 0.29) is 17.9 Å². The van der Waals surface area contributed by atoms with Crippen LogP contribution < -0.4 is 10.1 Å². The molecular weight excluding hydrogens is 468 g/mol. The molecule has 1 aliphatic rings. The monoisotopic (exact) mass is 492 g/mol. The molecule has 4 rings (SSSR count). The van der Waals surface area contributed by atoms with Gasteiger partial charge in [0.2, 0.25) is 0 Å². The number of para-hydroxylation sites is 1. The van der Waals surface area contributed by atoms with Crippen molar-refractivity contribution in [1.82, 2.24) is 10.2 Å². The van der Waals surface area contributed by atoms with E-state index in [9.17, 15) is 9.59 Å². The lowest BCUT2D eigenvalue weighted by atomic mass is 10.0. The molecule has 6 heteroatoms. The van der Waals surface area contributed by atoms with Gasteiger partial charge in [-0.1, -0.05) is 52.3 Å². The van der Waals surface area contributed by atoms with Crippen LogP contribution in [0.4, 0.5) is 0 Å². The highest BCUT2D eigenvalue weighted by Gasteiger charge is 2.26. The number of halogens is 1. The smallest absolute Gasteiger partial charge is 0.257 e. The number of hydrogen-bond acceptors (Lipinski definition) is 3. The van der Waals surface area contributed by atoms with E-state index in [1.165, 1.54) is 0 Å². The Morgan fingerprint density at radius 2 is 1.62 bits per heavy atom. The standard InChI is InChI=1S/C26H25BrN2O3/c1-18-7-2-3-10-22(18)25(30)28-20-13-15-29(16-14-20)26(31)23-11-4-5-12-24(23)32-21-9-6-8-19(27)17-21/h2-12,17,20H,13-16H2,1H3,(H,28,30). The zero-order valence-electron chi connectivity index (χ0n) is 17.9. The summed E-state index contributed by atoms with van der Waals surface area (Å²) in [6.07, 6.45) is 1.44. The number of hydrogen-bond donors (Lipinski definition) is 1. The third kappa shape index (κ3) is 5.19. The van der Waals surface area contributed by atoms with Crippen molar-refractivity contribution in [2.75, 3.05) is 13.1 Å². The van der Waals surface area contributed by atoms with E-state index in [1.807, 2.05) is 78.6 Å². The van der Waals surface area contributed by atoms with E-state index in [2.05, 4.69) is 21.2 Å². The normalized spacial score (nSPS) is 14.1. The van der Waals surface area contributed by atoms with Crippen LogP contribution in [0.1, 0.15) is 39.1 Å². The molecule has 5 nitrogen and oxygen atoms in total. The number of amides is 2. The zero-order chi connectivity index (χ0) is 22.5. The summed E-state index contributed by atoms with van der Waals surface area (Å²) in [6.45, 7) is 3.11. The number of likely N-dealkylation sites (tertiary alicyclic amines) is 1. The van der Waals surface area contributed by atoms with E-state index >= 15 is 0 Å². The second kappa shape index (κ2) is 10.0. The summed E-state index contributed by atoms with van der Waals surface area (Å²) in [5, 5.41) is 3.12. The SMILES string of the molecule is Cc1ccccc1C(=O)NC1CCN(C(=O)c2ccccc2Oc2cccc(Br)c2)CC1. The number of ether oxygens (including phenoxy) is 1. The van der Waals surface area contributed by atoms with Crippen LogP contribution in [0, 0.1) is 6.92 Å². The van der Waals surface area contributed by atoms with Gasteiger partial charge in [0.25, 0.3) is 11.8 Å². The number of benzene rings is 3. The maximum atomic E-state index is 13.2. The Bertz CT molecular complexity index is 1120. The van der Waals surface area contributed by atoms with Gasteiger partial charge in [0.15, 0.2) is 0 Å². The molecule has 1 aliphatic heterocycles. The van der Waals surface area contributed by atoms with Gasteiger partial charge in [-0.2, -0.15) is 0 Å². The van der Waals surface area contributed by atoms with Crippen LogP contribution in [0.25, 0.3) is 0 Å². The number of nitrogens with zero attached hydrogens (tertiary/aromatic N) is 1. The Labute approximate surface area is 196 Å². The lowest BCUT2D eigenvalue weighted by Gasteiger charge is -2.32. The highest BCUT2D eigenvalue weighted by atomic mass is 79.9. The first-order chi connectivity index (χ1) is 15.5. The Morgan fingerprint density at radius 1 is 0.938 bits per heavy atom. The van der Waals surface area contributed by atoms with Gasteiger partial charge < -0.3 is 15.0 Å². The first-order valence-electron chi connectivity index (χ1n) is 10.7. The quantitative estimate of drug-likeness (QED) is 0.505. The number of aryl methyl sites for hydroxylation is 1. The van der Waals surface area contributed by atoms with Gasteiger partial charge >= 0.3 is 0 Å². The fraction of sp³-hybridized carbons (Fsp3) is 0.231. The molecule has 0 unspecified atom stereocenters. The van der Waals surface area contributed by atoms with E-state index < -0.39 is 0 Å². The molecule has 1 saturated heterocycles. The van der Waals surface area contributed by atoms with Crippen LogP contribution in [0.5, 0.6) is 11.5 Å². The molecule has 1 N–H and O–H groups in total. The maximum Gasteiger partial charge on any atom is 0.257 e. The van der Waals surface area contributed by atoms with Crippen LogP contribution in [0.15, 0.2) is 77.3 Å². The van der Waals surface area contributed by atoms with Crippen molar-refractivity contribution in [3.05, 3.63) is 94.0 Å². The molecule has 164 valence electrons. The van der Waals surface area contributed by atoms with Crippen LogP contribution in [0.3, 0.4) is 0 Å². The molecule has 32 heavy (non-hydrogen) atoms. The molecular formula is C26H25BrN2O3. The molecule has 0 radical (unpaired) electrons. The van der Waals surface area contributed by atoms with Crippen molar-refractivity contribution in [2.24, 2.45) is 0 Å². The second-order valence-corrected chi connectivity index (χ2v) is 8.83. The molecule has 0 aliphatic carbocycles. The lowest BCUT2D eigenvalue weighted by molar-refractivity contribution is 0.0695. The molecule has 0 bridgehead atoms. The number of piperidine rings is 1. The molecule has 3 aromatic carbocycles. The van der Waals surface area contributed by atoms with E-state index in [1.54, 1.807) is 6.07 Å². The van der Waals surface area contributed by atoms with E-state index in [0.717, 1.165) is 22.9 Å². The maximum absolute atomic E-state index is 13.2. The lowest BCUT2D eigenvalue weighted by Crippen LogP contribution is -2.46. The summed E-state index contributed by atoms with van der Waals surface area (Å²) < 4.78 is 6.91. The highest BCUT2D eigenvalue weighted by Crippen LogP contribution is 2.28. The van der Waals surface area contributed by atoms with E-state index in [4.69, 9.17) is 4.74 Å². The first-order valence-corrected chi connectivity index (χ1v) is 11.5. The minimum atomic E-state index is -0.0562. The largest absolute Gasteiger partial charge is 0.456 e. The summed E-state index contributed by atoms with van der Waals surface area (Å²) in [4.78, 5) is 27.7. The third-order valence-electron chi connectivity index (χ3n) is 5.65. The second-order valence-electron chi connectivity index (χ2n) is 7.91. The Kier molecular flexibility index (Phi) is 6.90. The van der Waals surface area contributed by atoms with Crippen molar-refractivity contribution in [1.29, 1.82) is 0 Å². The van der Waals surface area contributed by atoms with Gasteiger partial charge in [-0.25, -0.2) is 0 Å². The Hall–Kier alpha value is -3.12. The number of rotatable bonds is 5. The zero-order valence-corrected chi connectivity index (χ0v) is 19.5. The molecule has 0 atom stereocenters. The summed E-state index contributed by atoms with van der Waals surface area (Å²) in [5.41, 5.74) is 2.19. The van der Waals surface area contributed by atoms with Gasteiger partial charge in [-0.05, 0) is 61.7 Å². The predicted octanol–water partition coefficient (Wildman–Crippen LogP) is 5.58. The molecule has 0 saturated carbocycles. The predicted molar refractivity (Wildman–Crippen MR) is 128 cm³/mol. The number of nitrogens with one attached hydrogen (secondary N) is 1. The van der Waals surface area contributed by atoms with Crippen molar-refractivity contribution < 1.29 is 14.3 Å². The average molecular weight is 493 g/mol. The summed E-state index contributed by atoms with van der Waals surface area (Å²) in [5.74, 6) is 1.09. The van der Waals surface area contributed by atoms with Crippen LogP contribution >= 0.6 is 15.9 Å². The van der Waals surface area contributed by atoms with E-state index in [0.29, 0.717) is 35.7 Å². The third-order valence-corrected chi connectivity index (χ3v) is 6.14. The topological polar surface area (TPSA) is 58.6 Å². The van der Waals surface area contributed by atoms with Crippen LogP contribution in [-0.2, 0) is 0 Å². The number of carbonyl (C=O) groups excluding carboxylic acids is 2. The number of carbonyl (C=O) groups is 2. The minimum absolute atomic E-state index is 0.0549. The van der Waals surface area contributed by atoms with Crippen molar-refractivity contribution >= 4 is 27.7 Å². The summed E-state index contributed by atoms with van der Waals surface area (Å²) in [7, 11) is 0. The molecule has 1 fully saturated rings. The average Bonchev–Trinajstić information content (AvgIpc) is 2.80. The van der Waals surface area contributed by atoms with Crippen LogP contribution in [0.2, 0.25) is 0 Å². The van der Waals surface area contributed by atoms with Crippen LogP contribution in [-0.4, -0.2) is 35.8 Å². The van der Waals surface area contributed by atoms with Gasteiger partial charge in [-0.3, -0.25) is 9.59 Å². The summed E-state index contributed by atoms with van der Waals surface area (Å²) in [6, 6.07) is 22.5. The Morgan fingerprint density at radius 3 is 2.34 bits per heavy atom. The van der Waals surface area contributed by atoms with Gasteiger partial charge in [0.1, 0.15) is 11.5 Å². The highest BCUT2D eigenvalue weighted by molar-refractivity contribution is 9.10. The van der Waals surface area contributed by atoms with Gasteiger partial charge in [0.05, 0.1) is 5.56 Å². The van der Waals surface area contributed by atoms with Gasteiger partial charge in [0, 0.05) is 29.2 Å². The van der Waals surface area contributed by atoms with Gasteiger partial charge in [-0.15, -0.1) is 0 Å². The molecule has 1 heterocycles. The molecule has 0 aromatic heterocycles. The van der Waals surface area contributed by atoms with Crippen molar-refractivity contribution in [3.63, 3.8) is 0 Å². The fourth-order valence-corrected chi connectivity index (χ4v) is 4.26. The summed E-state index contributed by atoms with van der Waals surface area (Å²) >= 11 is 3.44. The molecule has 0 spiro atoms. The fourth-order valence-electron chi connectivity index (χ4n) is 3.88.